The summed E-state index contributed by atoms with van der Waals surface area (Å²) < 4.78 is 113. The number of hydrogen-bond acceptors (Lipinski definition) is 33. The van der Waals surface area contributed by atoms with Gasteiger partial charge in [-0.05, 0) is 0 Å². The molecule has 16 atom stereocenters. The Morgan fingerprint density at radius 2 is 1.27 bits per heavy atom. The normalized spacial score (nSPS) is 30.0. The van der Waals surface area contributed by atoms with Gasteiger partial charge in [-0.1, -0.05) is 4.98 Å². The van der Waals surface area contributed by atoms with E-state index in [-0.39, 0.29) is 51.2 Å². The summed E-state index contributed by atoms with van der Waals surface area (Å²) in [5.74, 6) is -0.384. The van der Waals surface area contributed by atoms with Crippen LogP contribution >= 0.6 is 31.3 Å². The highest BCUT2D eigenvalue weighted by molar-refractivity contribution is 7.65. The van der Waals surface area contributed by atoms with Crippen LogP contribution in [0.4, 0.5) is 17.7 Å². The fourth-order valence-corrected chi connectivity index (χ4v) is 13.0. The number of nitrogens with two attached hydrogens (primary N) is 2. The molecule has 9 rings (SSSR count). The number of aliphatic hydroxyl groups is 3. The Balaban J connectivity index is 0.871. The van der Waals surface area contributed by atoms with Crippen LogP contribution in [-0.2, 0) is 75.7 Å². The molecule has 3 aliphatic rings. The van der Waals surface area contributed by atoms with Crippen molar-refractivity contribution in [2.45, 2.75) is 73.6 Å². The standard InChI is InChI=1S/C34H47N15O24P4/c1-37-24-15-25(39-8-38-24)47(9-40-15)32-23(64-4)21(71-74(55,56)65-5-12-18(50)20(52)30(68-12)48-10-41-16-26(48)42-33(35)44-28(16)53)14(70-32)7-67-76(59,60)73-77(61,62)72-75(57,58)66-6-13-19(51)22(63-3)31(69-13)49-11-46(2)17-27(49)43-34(36)45-29(17)54/h8-14,18-23,30-32,50-52H,5-7H2,1-4H3,(H10-,35,36,37,38,39,42,43,44,45,53,54,55,56,57,58,59,60,61,62)/p-3/t12-,13-,14-,18+,19+,20?,21+,22?,23?,30-,31-,32-/m1/s1. The third kappa shape index (κ3) is 11.4. The molecule has 3 fully saturated rings. The molecule has 7 unspecified atom stereocenters. The van der Waals surface area contributed by atoms with Gasteiger partial charge in [-0.3, -0.25) is 51.5 Å². The molecule has 9 heterocycles. The number of aromatic amines is 2. The summed E-state index contributed by atoms with van der Waals surface area (Å²) in [6.45, 7) is -3.60. The number of aryl methyl sites for hydroxylation is 1. The maximum atomic E-state index is 13.6. The van der Waals surface area contributed by atoms with Gasteiger partial charge in [0.2, 0.25) is 17.7 Å². The van der Waals surface area contributed by atoms with E-state index in [1.54, 1.807) is 0 Å². The summed E-state index contributed by atoms with van der Waals surface area (Å²) in [5, 5.41) is 35.5. The molecule has 43 heteroatoms. The van der Waals surface area contributed by atoms with Gasteiger partial charge in [0.25, 0.3) is 48.4 Å². The number of fused-ring (bicyclic) bond motifs is 3. The highest BCUT2D eigenvalue weighted by Gasteiger charge is 2.52. The molecule has 0 aromatic carbocycles. The zero-order valence-corrected chi connectivity index (χ0v) is 43.3. The van der Waals surface area contributed by atoms with Crippen molar-refractivity contribution in [3.05, 3.63) is 46.0 Å². The molecule has 0 radical (unpaired) electrons. The highest BCUT2D eigenvalue weighted by Crippen LogP contribution is 2.63. The Morgan fingerprint density at radius 3 is 1.92 bits per heavy atom. The zero-order chi connectivity index (χ0) is 55.7. The van der Waals surface area contributed by atoms with Gasteiger partial charge in [0.15, 0.2) is 41.4 Å². The van der Waals surface area contributed by atoms with Gasteiger partial charge in [-0.25, -0.2) is 33.1 Å². The van der Waals surface area contributed by atoms with Gasteiger partial charge in [0.05, 0.1) is 39.5 Å². The number of imidazole rings is 3. The lowest BCUT2D eigenvalue weighted by atomic mass is 10.1. The fraction of sp³-hybridized carbons (Fsp3) is 0.559. The molecule has 0 spiro atoms. The smallest absolute Gasteiger partial charge is 0.313 e. The van der Waals surface area contributed by atoms with Crippen molar-refractivity contribution in [1.29, 1.82) is 0 Å². The molecule has 10 N–H and O–H groups in total. The minimum absolute atomic E-state index is 0.0162. The largest absolute Gasteiger partial charge is 0.756 e. The summed E-state index contributed by atoms with van der Waals surface area (Å²) in [5.41, 5.74) is 9.78. The number of hydrogen-bond donors (Lipinski definition) is 8. The number of anilines is 3. The van der Waals surface area contributed by atoms with Crippen molar-refractivity contribution in [2.75, 3.05) is 57.9 Å². The van der Waals surface area contributed by atoms with Gasteiger partial charge >= 0.3 is 5.65 Å². The number of rotatable bonds is 21. The Labute approximate surface area is 428 Å². The fourth-order valence-electron chi connectivity index (χ4n) is 8.66. The van der Waals surface area contributed by atoms with E-state index in [4.69, 9.17) is 48.7 Å². The van der Waals surface area contributed by atoms with Gasteiger partial charge in [0, 0.05) is 21.3 Å². The lowest BCUT2D eigenvalue weighted by Crippen LogP contribution is -2.47. The van der Waals surface area contributed by atoms with Crippen LogP contribution in [0.25, 0.3) is 33.5 Å². The predicted octanol–water partition coefficient (Wildman–Crippen LogP) is -6.13. The molecular weight excluding hydrogens is 1130 g/mol. The highest BCUT2D eigenvalue weighted by atomic mass is 31.3. The van der Waals surface area contributed by atoms with Crippen LogP contribution in [0.1, 0.15) is 18.7 Å². The van der Waals surface area contributed by atoms with Crippen molar-refractivity contribution >= 4 is 82.5 Å². The van der Waals surface area contributed by atoms with Crippen LogP contribution in [0.2, 0.25) is 0 Å². The molecule has 0 bridgehead atoms. The van der Waals surface area contributed by atoms with E-state index in [1.165, 1.54) is 40.5 Å². The number of aliphatic hydroxyl groups excluding tert-OH is 3. The number of nitrogens with one attached hydrogen (secondary N) is 3. The summed E-state index contributed by atoms with van der Waals surface area (Å²) in [6.07, 6.45) is -15.1. The number of phosphoric acid groups is 4. The minimum atomic E-state index is -6.57. The topological polar surface area (TPSA) is 549 Å². The van der Waals surface area contributed by atoms with E-state index in [2.05, 4.69) is 58.3 Å². The molecule has 0 amide bonds. The molecule has 3 aliphatic heterocycles. The summed E-state index contributed by atoms with van der Waals surface area (Å²) in [7, 11) is -19.5. The number of nitrogen functional groups attached to an aromatic ring is 2. The average molecular weight is 1170 g/mol. The first-order valence-corrected chi connectivity index (χ1v) is 27.8. The van der Waals surface area contributed by atoms with Crippen molar-refractivity contribution in [3.8, 4) is 0 Å². The van der Waals surface area contributed by atoms with Gasteiger partial charge < -0.3 is 93.5 Å². The molecule has 39 nitrogen and oxygen atoms in total. The third-order valence-electron chi connectivity index (χ3n) is 12.0. The Hall–Kier alpha value is -5.15. The first-order valence-electron chi connectivity index (χ1n) is 21.9. The summed E-state index contributed by atoms with van der Waals surface area (Å²) in [6, 6.07) is 0. The summed E-state index contributed by atoms with van der Waals surface area (Å²) >= 11 is 0. The predicted molar refractivity (Wildman–Crippen MR) is 240 cm³/mol. The summed E-state index contributed by atoms with van der Waals surface area (Å²) in [4.78, 5) is 106. The average Bonchev–Trinajstić information content (AvgIpc) is 4.20. The Bertz CT molecular complexity index is 3510. The number of nitrogens with zero attached hydrogens (tertiary/aromatic N) is 10. The maximum absolute atomic E-state index is 13.6. The molecular formula is C34H44N15O24P4-3. The van der Waals surface area contributed by atoms with Crippen molar-refractivity contribution in [2.24, 2.45) is 7.05 Å². The third-order valence-corrected chi connectivity index (χ3v) is 17.1. The van der Waals surface area contributed by atoms with Crippen LogP contribution in [-0.4, -0.2) is 165 Å². The number of phosphoric ester groups is 3. The molecule has 3 saturated heterocycles. The van der Waals surface area contributed by atoms with Crippen LogP contribution in [0.15, 0.2) is 34.9 Å². The first-order chi connectivity index (χ1) is 36.2. The number of H-pyrrole nitrogens is 2. The van der Waals surface area contributed by atoms with E-state index >= 15 is 0 Å². The van der Waals surface area contributed by atoms with Crippen molar-refractivity contribution in [1.82, 2.24) is 53.6 Å². The van der Waals surface area contributed by atoms with E-state index < -0.39 is 136 Å². The van der Waals surface area contributed by atoms with Crippen LogP contribution in [0, 0.1) is 0 Å². The zero-order valence-electron chi connectivity index (χ0n) is 39.7. The second-order valence-electron chi connectivity index (χ2n) is 16.8. The first kappa shape index (κ1) is 56.6. The van der Waals surface area contributed by atoms with E-state index in [1.807, 2.05) is 0 Å². The monoisotopic (exact) mass is 1170 g/mol. The number of methoxy groups -OCH3 is 2. The van der Waals surface area contributed by atoms with Gasteiger partial charge in [-0.15, -0.1) is 0 Å². The second kappa shape index (κ2) is 21.5. The second-order valence-corrected chi connectivity index (χ2v) is 22.7. The lowest BCUT2D eigenvalue weighted by Gasteiger charge is -2.35. The quantitative estimate of drug-likeness (QED) is 0.0246. The van der Waals surface area contributed by atoms with Gasteiger partial charge in [0.1, 0.15) is 66.8 Å². The molecule has 77 heavy (non-hydrogen) atoms. The van der Waals surface area contributed by atoms with E-state index in [0.29, 0.717) is 0 Å². The number of aromatic nitrogens is 12. The molecule has 6 aromatic rings. The molecule has 6 aromatic heterocycles. The SMILES string of the molecule is CNc1ncnc2c1ncn2[C@@H]1O[C@H](COP(=O)([O-])OP(=O)([O-])OP(=O)([O-])OC[C@H]2O[C@@H]([n+]3cn(C)c4c(=O)[nH]c(N)nc43)C(OC)[C@H]2O)[C@H](OP(=O)([O-])OC[C@H]2O[C@@H](n3cnc4c(=O)[nH]c(N)nc43)C(O)[C@H]2O)C1OC. The molecule has 0 aliphatic carbocycles. The Morgan fingerprint density at radius 1 is 0.701 bits per heavy atom. The molecule has 0 saturated carbocycles. The van der Waals surface area contributed by atoms with Crippen LogP contribution in [0.5, 0.6) is 0 Å². The number of ether oxygens (including phenoxy) is 5. The van der Waals surface area contributed by atoms with Gasteiger partial charge in [-0.2, -0.15) is 4.98 Å². The maximum Gasteiger partial charge on any atom is 0.313 e. The minimum Gasteiger partial charge on any atom is -0.756 e. The molecule has 422 valence electrons. The van der Waals surface area contributed by atoms with Crippen molar-refractivity contribution in [3.63, 3.8) is 0 Å². The van der Waals surface area contributed by atoms with E-state index in [9.17, 15) is 62.7 Å². The van der Waals surface area contributed by atoms with E-state index in [0.717, 1.165) is 31.4 Å². The Kier molecular flexibility index (Phi) is 15.8. The lowest BCUT2D eigenvalue weighted by molar-refractivity contribution is -0.746. The van der Waals surface area contributed by atoms with Crippen LogP contribution < -0.4 is 52.0 Å². The van der Waals surface area contributed by atoms with Crippen molar-refractivity contribution < 1.29 is 108 Å². The van der Waals surface area contributed by atoms with Crippen LogP contribution in [0.3, 0.4) is 0 Å².